The molecule has 0 bridgehead atoms. The lowest BCUT2D eigenvalue weighted by molar-refractivity contribution is 0.233. The lowest BCUT2D eigenvalue weighted by atomic mass is 9.97. The number of benzene rings is 1. The van der Waals surface area contributed by atoms with Gasteiger partial charge in [-0.15, -0.1) is 0 Å². The van der Waals surface area contributed by atoms with Crippen LogP contribution in [0, 0.1) is 5.82 Å². The van der Waals surface area contributed by atoms with E-state index in [4.69, 9.17) is 5.11 Å². The Morgan fingerprint density at radius 1 is 1.39 bits per heavy atom. The standard InChI is InChI=1S/C12H18FNO3S/c1-3-12(2,8-9-15)14-18(16,17)11-7-5-4-6-10(11)13/h4-7,14-15H,3,8-9H2,1-2H3. The summed E-state index contributed by atoms with van der Waals surface area (Å²) in [4.78, 5) is -0.373. The zero-order valence-corrected chi connectivity index (χ0v) is 11.3. The summed E-state index contributed by atoms with van der Waals surface area (Å²) in [6.07, 6.45) is 0.776. The van der Waals surface area contributed by atoms with Crippen LogP contribution < -0.4 is 4.72 Å². The summed E-state index contributed by atoms with van der Waals surface area (Å²) < 4.78 is 40.1. The molecule has 0 amide bonds. The number of halogens is 1. The van der Waals surface area contributed by atoms with E-state index in [0.717, 1.165) is 6.07 Å². The summed E-state index contributed by atoms with van der Waals surface area (Å²) in [5.41, 5.74) is -0.782. The number of aliphatic hydroxyl groups excluding tert-OH is 1. The van der Waals surface area contributed by atoms with Crippen molar-refractivity contribution >= 4 is 10.0 Å². The normalized spacial score (nSPS) is 15.3. The number of hydrogen-bond acceptors (Lipinski definition) is 3. The van der Waals surface area contributed by atoms with E-state index in [0.29, 0.717) is 6.42 Å². The van der Waals surface area contributed by atoms with Crippen LogP contribution in [-0.2, 0) is 10.0 Å². The molecule has 18 heavy (non-hydrogen) atoms. The summed E-state index contributed by atoms with van der Waals surface area (Å²) >= 11 is 0. The number of aliphatic hydroxyl groups is 1. The zero-order chi connectivity index (χ0) is 13.8. The second-order valence-electron chi connectivity index (χ2n) is 4.42. The van der Waals surface area contributed by atoms with Crippen LogP contribution in [0.15, 0.2) is 29.2 Å². The van der Waals surface area contributed by atoms with Gasteiger partial charge in [0.1, 0.15) is 10.7 Å². The molecule has 1 rings (SSSR count). The molecule has 1 aromatic rings. The van der Waals surface area contributed by atoms with Crippen molar-refractivity contribution in [3.8, 4) is 0 Å². The fourth-order valence-corrected chi connectivity index (χ4v) is 3.18. The first-order valence-corrected chi connectivity index (χ1v) is 7.22. The molecule has 0 saturated heterocycles. The minimum absolute atomic E-state index is 0.135. The fraction of sp³-hybridized carbons (Fsp3) is 0.500. The molecular formula is C12H18FNO3S. The molecule has 0 aliphatic carbocycles. The van der Waals surface area contributed by atoms with Crippen LogP contribution in [0.4, 0.5) is 4.39 Å². The van der Waals surface area contributed by atoms with Gasteiger partial charge in [-0.25, -0.2) is 17.5 Å². The van der Waals surface area contributed by atoms with Gasteiger partial charge in [-0.1, -0.05) is 19.1 Å². The van der Waals surface area contributed by atoms with Crippen LogP contribution in [-0.4, -0.2) is 25.7 Å². The molecule has 0 heterocycles. The minimum Gasteiger partial charge on any atom is -0.396 e. The average Bonchev–Trinajstić information content (AvgIpc) is 2.29. The Kier molecular flexibility index (Phi) is 4.84. The van der Waals surface area contributed by atoms with E-state index in [-0.39, 0.29) is 17.9 Å². The Hall–Kier alpha value is -0.980. The quantitative estimate of drug-likeness (QED) is 0.829. The predicted octanol–water partition coefficient (Wildman–Crippen LogP) is 1.66. The van der Waals surface area contributed by atoms with Gasteiger partial charge in [-0.2, -0.15) is 0 Å². The molecule has 0 aliphatic heterocycles. The fourth-order valence-electron chi connectivity index (χ4n) is 1.59. The van der Waals surface area contributed by atoms with Gasteiger partial charge in [0.15, 0.2) is 0 Å². The Morgan fingerprint density at radius 3 is 2.50 bits per heavy atom. The lowest BCUT2D eigenvalue weighted by Gasteiger charge is -2.28. The molecule has 102 valence electrons. The summed E-state index contributed by atoms with van der Waals surface area (Å²) in [6, 6.07) is 5.21. The first-order chi connectivity index (χ1) is 8.34. The first kappa shape index (κ1) is 15.1. The third kappa shape index (κ3) is 3.51. The first-order valence-electron chi connectivity index (χ1n) is 5.74. The molecular weight excluding hydrogens is 257 g/mol. The van der Waals surface area contributed by atoms with Crippen molar-refractivity contribution in [2.24, 2.45) is 0 Å². The molecule has 6 heteroatoms. The molecule has 0 aromatic heterocycles. The van der Waals surface area contributed by atoms with E-state index in [1.54, 1.807) is 13.8 Å². The van der Waals surface area contributed by atoms with Crippen molar-refractivity contribution in [2.45, 2.75) is 37.1 Å². The van der Waals surface area contributed by atoms with Crippen molar-refractivity contribution < 1.29 is 17.9 Å². The number of hydrogen-bond donors (Lipinski definition) is 2. The molecule has 0 radical (unpaired) electrons. The number of sulfonamides is 1. The maximum atomic E-state index is 13.5. The predicted molar refractivity (Wildman–Crippen MR) is 67.1 cm³/mol. The van der Waals surface area contributed by atoms with Gasteiger partial charge >= 0.3 is 0 Å². The van der Waals surface area contributed by atoms with Crippen molar-refractivity contribution in [1.29, 1.82) is 0 Å². The van der Waals surface area contributed by atoms with Gasteiger partial charge in [0.05, 0.1) is 0 Å². The molecule has 0 fully saturated rings. The second kappa shape index (κ2) is 5.77. The molecule has 1 atom stereocenters. The van der Waals surface area contributed by atoms with E-state index in [1.807, 2.05) is 0 Å². The second-order valence-corrected chi connectivity index (χ2v) is 6.07. The van der Waals surface area contributed by atoms with Crippen molar-refractivity contribution in [1.82, 2.24) is 4.72 Å². The van der Waals surface area contributed by atoms with E-state index >= 15 is 0 Å². The Morgan fingerprint density at radius 2 is 2.00 bits per heavy atom. The summed E-state index contributed by atoms with van der Waals surface area (Å²) in [5, 5.41) is 8.95. The minimum atomic E-state index is -3.92. The molecule has 1 aromatic carbocycles. The Balaban J connectivity index is 3.06. The lowest BCUT2D eigenvalue weighted by Crippen LogP contribution is -2.46. The SMILES string of the molecule is CCC(C)(CCO)NS(=O)(=O)c1ccccc1F. The highest BCUT2D eigenvalue weighted by Gasteiger charge is 2.29. The van der Waals surface area contributed by atoms with E-state index in [1.165, 1.54) is 18.2 Å². The van der Waals surface area contributed by atoms with E-state index in [9.17, 15) is 12.8 Å². The number of nitrogens with one attached hydrogen (secondary N) is 1. The van der Waals surface area contributed by atoms with Crippen LogP contribution in [0.2, 0.25) is 0 Å². The van der Waals surface area contributed by atoms with Gasteiger partial charge in [0, 0.05) is 12.1 Å². The molecule has 0 spiro atoms. The van der Waals surface area contributed by atoms with Crippen LogP contribution in [0.5, 0.6) is 0 Å². The summed E-state index contributed by atoms with van der Waals surface area (Å²) in [5.74, 6) is -0.785. The van der Waals surface area contributed by atoms with Crippen molar-refractivity contribution in [2.75, 3.05) is 6.61 Å². The van der Waals surface area contributed by atoms with Gasteiger partial charge in [-0.3, -0.25) is 0 Å². The summed E-state index contributed by atoms with van der Waals surface area (Å²) in [7, 11) is -3.92. The third-order valence-corrected chi connectivity index (χ3v) is 4.62. The largest absolute Gasteiger partial charge is 0.396 e. The maximum absolute atomic E-state index is 13.5. The third-order valence-electron chi connectivity index (χ3n) is 2.95. The van der Waals surface area contributed by atoms with Crippen molar-refractivity contribution in [3.05, 3.63) is 30.1 Å². The van der Waals surface area contributed by atoms with Gasteiger partial charge in [0.2, 0.25) is 10.0 Å². The summed E-state index contributed by atoms with van der Waals surface area (Å²) in [6.45, 7) is 3.35. The molecule has 1 unspecified atom stereocenters. The highest BCUT2D eigenvalue weighted by atomic mass is 32.2. The van der Waals surface area contributed by atoms with Crippen molar-refractivity contribution in [3.63, 3.8) is 0 Å². The van der Waals surface area contributed by atoms with Gasteiger partial charge < -0.3 is 5.11 Å². The van der Waals surface area contributed by atoms with Crippen LogP contribution in [0.25, 0.3) is 0 Å². The number of rotatable bonds is 6. The molecule has 0 aliphatic rings. The smallest absolute Gasteiger partial charge is 0.243 e. The highest BCUT2D eigenvalue weighted by molar-refractivity contribution is 7.89. The Labute approximate surface area is 107 Å². The maximum Gasteiger partial charge on any atom is 0.243 e. The molecule has 2 N–H and O–H groups in total. The average molecular weight is 275 g/mol. The van der Waals surface area contributed by atoms with Crippen LogP contribution in [0.1, 0.15) is 26.7 Å². The monoisotopic (exact) mass is 275 g/mol. The molecule has 0 saturated carbocycles. The van der Waals surface area contributed by atoms with Gasteiger partial charge in [0.25, 0.3) is 0 Å². The van der Waals surface area contributed by atoms with Crippen LogP contribution in [0.3, 0.4) is 0 Å². The van der Waals surface area contributed by atoms with E-state index < -0.39 is 21.4 Å². The Bertz CT molecular complexity index is 504. The highest BCUT2D eigenvalue weighted by Crippen LogP contribution is 2.20. The zero-order valence-electron chi connectivity index (χ0n) is 10.5. The van der Waals surface area contributed by atoms with E-state index in [2.05, 4.69) is 4.72 Å². The topological polar surface area (TPSA) is 66.4 Å². The van der Waals surface area contributed by atoms with Crippen LogP contribution >= 0.6 is 0 Å². The van der Waals surface area contributed by atoms with Gasteiger partial charge in [-0.05, 0) is 31.9 Å². The molecule has 4 nitrogen and oxygen atoms in total.